The molecule has 0 radical (unpaired) electrons. The van der Waals surface area contributed by atoms with E-state index in [0.29, 0.717) is 12.5 Å². The third-order valence-corrected chi connectivity index (χ3v) is 4.65. The number of halogens is 1. The Hall–Kier alpha value is -0.230. The van der Waals surface area contributed by atoms with Crippen LogP contribution in [0.4, 0.5) is 0 Å². The van der Waals surface area contributed by atoms with Gasteiger partial charge in [0.15, 0.2) is 5.78 Å². The van der Waals surface area contributed by atoms with E-state index in [-0.39, 0.29) is 5.78 Å². The number of rotatable bonds is 5. The van der Waals surface area contributed by atoms with Crippen LogP contribution in [0.15, 0.2) is 15.9 Å². The molecule has 0 aromatic carbocycles. The maximum absolute atomic E-state index is 12.0. The summed E-state index contributed by atoms with van der Waals surface area (Å²) in [5.74, 6) is 0.807. The number of ether oxygens (including phenoxy) is 1. The first-order valence-corrected chi connectivity index (χ1v) is 7.30. The first-order chi connectivity index (χ1) is 8.19. The SMILES string of the molecule is COCC1CCN(CC(=O)c2ccc(Br)s2)C1. The summed E-state index contributed by atoms with van der Waals surface area (Å²) in [7, 11) is 1.73. The Morgan fingerprint density at radius 1 is 1.65 bits per heavy atom. The van der Waals surface area contributed by atoms with E-state index in [1.165, 1.54) is 11.3 Å². The summed E-state index contributed by atoms with van der Waals surface area (Å²) in [5.41, 5.74) is 0. The Morgan fingerprint density at radius 3 is 3.12 bits per heavy atom. The molecule has 5 heteroatoms. The number of carbonyl (C=O) groups is 1. The number of hydrogen-bond donors (Lipinski definition) is 0. The second-order valence-corrected chi connectivity index (χ2v) is 6.84. The van der Waals surface area contributed by atoms with Gasteiger partial charge in [0.05, 0.1) is 21.8 Å². The summed E-state index contributed by atoms with van der Waals surface area (Å²) in [4.78, 5) is 15.1. The topological polar surface area (TPSA) is 29.5 Å². The molecule has 0 aliphatic carbocycles. The predicted octanol–water partition coefficient (Wildman–Crippen LogP) is 2.66. The molecule has 1 aromatic heterocycles. The quantitative estimate of drug-likeness (QED) is 0.782. The molecular weight excluding hydrogens is 302 g/mol. The first-order valence-electron chi connectivity index (χ1n) is 5.69. The van der Waals surface area contributed by atoms with Crippen LogP contribution in [0.5, 0.6) is 0 Å². The molecule has 2 heterocycles. The Labute approximate surface area is 114 Å². The Kier molecular flexibility index (Phi) is 4.73. The number of thiophene rings is 1. The van der Waals surface area contributed by atoms with Gasteiger partial charge in [-0.25, -0.2) is 0 Å². The van der Waals surface area contributed by atoms with Gasteiger partial charge in [0.1, 0.15) is 0 Å². The van der Waals surface area contributed by atoms with Crippen molar-refractivity contribution in [1.82, 2.24) is 4.90 Å². The van der Waals surface area contributed by atoms with Gasteiger partial charge in [0.25, 0.3) is 0 Å². The highest BCUT2D eigenvalue weighted by molar-refractivity contribution is 9.11. The third-order valence-electron chi connectivity index (χ3n) is 2.99. The van der Waals surface area contributed by atoms with E-state index >= 15 is 0 Å². The van der Waals surface area contributed by atoms with Gasteiger partial charge in [0, 0.05) is 13.7 Å². The molecule has 0 bridgehead atoms. The lowest BCUT2D eigenvalue weighted by molar-refractivity contribution is 0.0941. The molecule has 0 N–H and O–H groups in total. The van der Waals surface area contributed by atoms with Crippen LogP contribution in [0.2, 0.25) is 0 Å². The van der Waals surface area contributed by atoms with Gasteiger partial charge in [0.2, 0.25) is 0 Å². The van der Waals surface area contributed by atoms with E-state index in [4.69, 9.17) is 4.74 Å². The fourth-order valence-corrected chi connectivity index (χ4v) is 3.49. The van der Waals surface area contributed by atoms with Gasteiger partial charge in [-0.1, -0.05) is 0 Å². The third kappa shape index (κ3) is 3.61. The van der Waals surface area contributed by atoms with Crippen molar-refractivity contribution in [2.75, 3.05) is 33.4 Å². The van der Waals surface area contributed by atoms with Crippen LogP contribution in [0.1, 0.15) is 16.1 Å². The van der Waals surface area contributed by atoms with Crippen LogP contribution in [0, 0.1) is 5.92 Å². The standard InChI is InChI=1S/C12H16BrNO2S/c1-16-8-9-4-5-14(6-9)7-10(15)11-2-3-12(13)17-11/h2-3,9H,4-8H2,1H3. The molecule has 1 aliphatic heterocycles. The number of Topliss-reactive ketones (excluding diaryl/α,β-unsaturated/α-hetero) is 1. The number of nitrogens with zero attached hydrogens (tertiary/aromatic N) is 1. The molecule has 1 atom stereocenters. The summed E-state index contributed by atoms with van der Waals surface area (Å²) in [6.45, 7) is 3.32. The summed E-state index contributed by atoms with van der Waals surface area (Å²) in [6, 6.07) is 3.81. The van der Waals surface area contributed by atoms with Gasteiger partial charge in [-0.3, -0.25) is 9.69 Å². The number of methoxy groups -OCH3 is 1. The smallest absolute Gasteiger partial charge is 0.186 e. The summed E-state index contributed by atoms with van der Waals surface area (Å²) in [5, 5.41) is 0. The van der Waals surface area contributed by atoms with Crippen molar-refractivity contribution < 1.29 is 9.53 Å². The highest BCUT2D eigenvalue weighted by Gasteiger charge is 2.24. The van der Waals surface area contributed by atoms with E-state index in [1.54, 1.807) is 7.11 Å². The maximum atomic E-state index is 12.0. The lowest BCUT2D eigenvalue weighted by Crippen LogP contribution is -2.28. The second kappa shape index (κ2) is 6.09. The first kappa shape index (κ1) is 13.2. The van der Waals surface area contributed by atoms with Crippen molar-refractivity contribution >= 4 is 33.0 Å². The lowest BCUT2D eigenvalue weighted by atomic mass is 10.1. The number of carbonyl (C=O) groups excluding carboxylic acids is 1. The minimum atomic E-state index is 0.221. The van der Waals surface area contributed by atoms with Crippen LogP contribution in [-0.2, 0) is 4.74 Å². The molecule has 0 spiro atoms. The van der Waals surface area contributed by atoms with Gasteiger partial charge in [-0.2, -0.15) is 0 Å². The van der Waals surface area contributed by atoms with Crippen LogP contribution in [0.3, 0.4) is 0 Å². The molecule has 3 nitrogen and oxygen atoms in total. The van der Waals surface area contributed by atoms with Gasteiger partial charge in [-0.15, -0.1) is 11.3 Å². The van der Waals surface area contributed by atoms with Crippen molar-refractivity contribution in [3.63, 3.8) is 0 Å². The van der Waals surface area contributed by atoms with Crippen LogP contribution >= 0.6 is 27.3 Å². The van der Waals surface area contributed by atoms with Gasteiger partial charge in [-0.05, 0) is 46.9 Å². The largest absolute Gasteiger partial charge is 0.384 e. The minimum Gasteiger partial charge on any atom is -0.384 e. The lowest BCUT2D eigenvalue weighted by Gasteiger charge is -2.14. The zero-order chi connectivity index (χ0) is 12.3. The number of likely N-dealkylation sites (tertiary alicyclic amines) is 1. The highest BCUT2D eigenvalue weighted by atomic mass is 79.9. The normalized spacial score (nSPS) is 20.9. The Balaban J connectivity index is 1.84. The maximum Gasteiger partial charge on any atom is 0.186 e. The molecule has 17 heavy (non-hydrogen) atoms. The highest BCUT2D eigenvalue weighted by Crippen LogP contribution is 2.23. The van der Waals surface area contributed by atoms with E-state index in [9.17, 15) is 4.79 Å². The van der Waals surface area contributed by atoms with Crippen molar-refractivity contribution in [2.24, 2.45) is 5.92 Å². The van der Waals surface area contributed by atoms with Gasteiger partial charge >= 0.3 is 0 Å². The molecule has 1 aromatic rings. The molecule has 1 fully saturated rings. The molecule has 94 valence electrons. The molecule has 0 amide bonds. The molecule has 2 rings (SSSR count). The molecule has 1 aliphatic rings. The van der Waals surface area contributed by atoms with E-state index in [0.717, 1.165) is 34.8 Å². The van der Waals surface area contributed by atoms with Crippen molar-refractivity contribution in [1.29, 1.82) is 0 Å². The van der Waals surface area contributed by atoms with Crippen LogP contribution in [0.25, 0.3) is 0 Å². The molecule has 1 saturated heterocycles. The number of hydrogen-bond acceptors (Lipinski definition) is 4. The fourth-order valence-electron chi connectivity index (χ4n) is 2.17. The number of ketones is 1. The molecule has 0 saturated carbocycles. The molecule has 1 unspecified atom stereocenters. The van der Waals surface area contributed by atoms with Crippen molar-refractivity contribution in [3.8, 4) is 0 Å². The van der Waals surface area contributed by atoms with Crippen LogP contribution < -0.4 is 0 Å². The minimum absolute atomic E-state index is 0.221. The molecular formula is C12H16BrNO2S. The van der Waals surface area contributed by atoms with Crippen molar-refractivity contribution in [3.05, 3.63) is 20.8 Å². The van der Waals surface area contributed by atoms with Crippen LogP contribution in [-0.4, -0.2) is 44.0 Å². The average Bonchev–Trinajstić information content (AvgIpc) is 2.88. The Morgan fingerprint density at radius 2 is 2.47 bits per heavy atom. The fraction of sp³-hybridized carbons (Fsp3) is 0.583. The average molecular weight is 318 g/mol. The second-order valence-electron chi connectivity index (χ2n) is 4.37. The predicted molar refractivity (Wildman–Crippen MR) is 72.8 cm³/mol. The van der Waals surface area contributed by atoms with E-state index < -0.39 is 0 Å². The summed E-state index contributed by atoms with van der Waals surface area (Å²) in [6.07, 6.45) is 1.13. The monoisotopic (exact) mass is 317 g/mol. The zero-order valence-corrected chi connectivity index (χ0v) is 12.2. The van der Waals surface area contributed by atoms with Crippen molar-refractivity contribution in [2.45, 2.75) is 6.42 Å². The summed E-state index contributed by atoms with van der Waals surface area (Å²) < 4.78 is 6.16. The Bertz CT molecular complexity index is 394. The van der Waals surface area contributed by atoms with E-state index in [2.05, 4.69) is 20.8 Å². The zero-order valence-electron chi connectivity index (χ0n) is 9.82. The van der Waals surface area contributed by atoms with Gasteiger partial charge < -0.3 is 4.74 Å². The summed E-state index contributed by atoms with van der Waals surface area (Å²) >= 11 is 4.89. The van der Waals surface area contributed by atoms with E-state index in [1.807, 2.05) is 12.1 Å².